The van der Waals surface area contributed by atoms with Crippen molar-refractivity contribution in [3.05, 3.63) is 71.8 Å². The Labute approximate surface area is 256 Å². The minimum absolute atomic E-state index is 0.0112. The van der Waals surface area contributed by atoms with Crippen LogP contribution in [0.25, 0.3) is 0 Å². The van der Waals surface area contributed by atoms with Gasteiger partial charge < -0.3 is 25.2 Å². The van der Waals surface area contributed by atoms with E-state index in [1.54, 1.807) is 0 Å². The molecular weight excluding hydrogens is 540 g/mol. The van der Waals surface area contributed by atoms with E-state index in [2.05, 4.69) is 44.7 Å². The molecule has 0 bridgehead atoms. The number of likely N-dealkylation sites (tertiary alicyclic amines) is 1. The summed E-state index contributed by atoms with van der Waals surface area (Å²) in [5, 5.41) is 5.93. The van der Waals surface area contributed by atoms with Crippen molar-refractivity contribution >= 4 is 17.9 Å². The Morgan fingerprint density at radius 1 is 0.884 bits per heavy atom. The average Bonchev–Trinajstić information content (AvgIpc) is 3.02. The number of hydrogen-bond donors (Lipinski definition) is 2. The van der Waals surface area contributed by atoms with E-state index < -0.39 is 17.7 Å². The number of piperazine rings is 1. The summed E-state index contributed by atoms with van der Waals surface area (Å²) in [6.07, 6.45) is 10.7. The quantitative estimate of drug-likeness (QED) is 0.372. The summed E-state index contributed by atoms with van der Waals surface area (Å²) in [4.78, 5) is 44.9. The van der Waals surface area contributed by atoms with E-state index in [1.807, 2.05) is 36.4 Å². The third-order valence-corrected chi connectivity index (χ3v) is 9.56. The maximum atomic E-state index is 14.2. The van der Waals surface area contributed by atoms with Gasteiger partial charge in [0.15, 0.2) is 0 Å². The lowest BCUT2D eigenvalue weighted by Gasteiger charge is -2.54. The average molecular weight is 589 g/mol. The molecule has 3 aliphatic rings. The third-order valence-electron chi connectivity index (χ3n) is 9.56. The maximum Gasteiger partial charge on any atom is 0.407 e. The van der Waals surface area contributed by atoms with Gasteiger partial charge in [-0.05, 0) is 56.1 Å². The molecule has 0 unspecified atom stereocenters. The van der Waals surface area contributed by atoms with Gasteiger partial charge in [0.25, 0.3) is 0 Å². The van der Waals surface area contributed by atoms with Crippen LogP contribution in [-0.4, -0.2) is 71.5 Å². The Kier molecular flexibility index (Phi) is 11.1. The normalized spacial score (nSPS) is 21.6. The molecule has 2 aromatic carbocycles. The van der Waals surface area contributed by atoms with E-state index in [-0.39, 0.29) is 24.5 Å². The van der Waals surface area contributed by atoms with Crippen LogP contribution in [0.1, 0.15) is 81.8 Å². The molecule has 1 atom stereocenters. The molecule has 5 rings (SSSR count). The number of rotatable bonds is 10. The lowest BCUT2D eigenvalue weighted by Crippen LogP contribution is -2.74. The number of carbonyl (C=O) groups is 3. The number of ether oxygens (including phenoxy) is 1. The van der Waals surface area contributed by atoms with Crippen LogP contribution in [0.3, 0.4) is 0 Å². The molecule has 3 fully saturated rings. The van der Waals surface area contributed by atoms with Gasteiger partial charge in [0.1, 0.15) is 18.2 Å². The minimum atomic E-state index is -0.764. The highest BCUT2D eigenvalue weighted by Crippen LogP contribution is 2.38. The molecule has 232 valence electrons. The van der Waals surface area contributed by atoms with Gasteiger partial charge in [0.05, 0.1) is 0 Å². The Hall–Kier alpha value is -3.39. The second-order valence-corrected chi connectivity index (χ2v) is 12.5. The molecule has 2 N–H and O–H groups in total. The zero-order valence-electron chi connectivity index (χ0n) is 25.5. The smallest absolute Gasteiger partial charge is 0.407 e. The van der Waals surface area contributed by atoms with E-state index in [0.29, 0.717) is 32.2 Å². The first-order valence-corrected chi connectivity index (χ1v) is 16.4. The van der Waals surface area contributed by atoms with E-state index in [0.717, 1.165) is 57.3 Å². The lowest BCUT2D eigenvalue weighted by molar-refractivity contribution is -0.166. The van der Waals surface area contributed by atoms with Gasteiger partial charge in [-0.25, -0.2) is 4.79 Å². The number of carbonyl (C=O) groups excluding carboxylic acids is 3. The standard InChI is InChI=1S/C35H48N4O4/c40-32-31(19-12-23-36-34(42)43-27-29-15-8-5-9-16-29)37-33(41)35(39(32)30-17-10-2-1-3-11-18-30)21-25-38(26-22-35)24-20-28-13-6-4-7-14-28/h4-9,13-16,30-31H,1-3,10-12,17-27H2,(H,36,42)(H,37,41)/t31-/m0/s1. The number of amides is 3. The molecule has 2 heterocycles. The van der Waals surface area contributed by atoms with Crippen molar-refractivity contribution in [3.63, 3.8) is 0 Å². The van der Waals surface area contributed by atoms with Gasteiger partial charge in [-0.3, -0.25) is 9.59 Å². The molecule has 2 aliphatic heterocycles. The maximum absolute atomic E-state index is 14.2. The molecule has 1 spiro atoms. The van der Waals surface area contributed by atoms with Crippen LogP contribution >= 0.6 is 0 Å². The summed E-state index contributed by atoms with van der Waals surface area (Å²) in [5.41, 5.74) is 1.49. The molecule has 0 aromatic heterocycles. The molecule has 43 heavy (non-hydrogen) atoms. The molecule has 0 radical (unpaired) electrons. The van der Waals surface area contributed by atoms with Gasteiger partial charge in [0, 0.05) is 32.2 Å². The van der Waals surface area contributed by atoms with Crippen LogP contribution in [0, 0.1) is 0 Å². The van der Waals surface area contributed by atoms with E-state index in [1.165, 1.54) is 24.8 Å². The zero-order chi connectivity index (χ0) is 29.9. The predicted octanol–water partition coefficient (Wildman–Crippen LogP) is 5.21. The molecule has 3 amide bonds. The third kappa shape index (κ3) is 8.17. The first kappa shape index (κ1) is 31.0. The summed E-state index contributed by atoms with van der Waals surface area (Å²) in [6, 6.07) is 19.7. The van der Waals surface area contributed by atoms with Crippen molar-refractivity contribution < 1.29 is 19.1 Å². The van der Waals surface area contributed by atoms with Crippen LogP contribution < -0.4 is 10.6 Å². The molecule has 1 saturated carbocycles. The van der Waals surface area contributed by atoms with E-state index >= 15 is 0 Å². The van der Waals surface area contributed by atoms with Crippen molar-refractivity contribution in [2.24, 2.45) is 0 Å². The van der Waals surface area contributed by atoms with Crippen LogP contribution in [0.4, 0.5) is 4.79 Å². The van der Waals surface area contributed by atoms with Gasteiger partial charge in [-0.2, -0.15) is 0 Å². The number of nitrogens with one attached hydrogen (secondary N) is 2. The summed E-state index contributed by atoms with van der Waals surface area (Å²) in [7, 11) is 0. The number of benzene rings is 2. The molecule has 2 aromatic rings. The van der Waals surface area contributed by atoms with Gasteiger partial charge >= 0.3 is 6.09 Å². The molecule has 8 heteroatoms. The van der Waals surface area contributed by atoms with Crippen molar-refractivity contribution in [3.8, 4) is 0 Å². The Bertz CT molecular complexity index is 1170. The van der Waals surface area contributed by atoms with Crippen molar-refractivity contribution in [1.82, 2.24) is 20.4 Å². The topological polar surface area (TPSA) is 91.0 Å². The minimum Gasteiger partial charge on any atom is -0.445 e. The largest absolute Gasteiger partial charge is 0.445 e. The first-order chi connectivity index (χ1) is 21.0. The molecular formula is C35H48N4O4. The highest BCUT2D eigenvalue weighted by molar-refractivity contribution is 6.00. The van der Waals surface area contributed by atoms with Crippen LogP contribution in [0.15, 0.2) is 60.7 Å². The van der Waals surface area contributed by atoms with Gasteiger partial charge in [0.2, 0.25) is 11.8 Å². The van der Waals surface area contributed by atoms with E-state index in [9.17, 15) is 14.4 Å². The van der Waals surface area contributed by atoms with Crippen LogP contribution in [-0.2, 0) is 27.4 Å². The Morgan fingerprint density at radius 3 is 2.19 bits per heavy atom. The Balaban J connectivity index is 1.18. The number of hydrogen-bond acceptors (Lipinski definition) is 5. The van der Waals surface area contributed by atoms with Crippen molar-refractivity contribution in [1.29, 1.82) is 0 Å². The summed E-state index contributed by atoms with van der Waals surface area (Å²) >= 11 is 0. The molecule has 8 nitrogen and oxygen atoms in total. The zero-order valence-corrected chi connectivity index (χ0v) is 25.5. The van der Waals surface area contributed by atoms with Crippen molar-refractivity contribution in [2.75, 3.05) is 26.2 Å². The molecule has 2 saturated heterocycles. The summed E-state index contributed by atoms with van der Waals surface area (Å²) in [5.74, 6) is 0.0756. The summed E-state index contributed by atoms with van der Waals surface area (Å²) in [6.45, 7) is 3.19. The Morgan fingerprint density at radius 2 is 1.51 bits per heavy atom. The highest BCUT2D eigenvalue weighted by atomic mass is 16.5. The lowest BCUT2D eigenvalue weighted by atomic mass is 9.78. The second-order valence-electron chi connectivity index (χ2n) is 12.5. The fourth-order valence-corrected chi connectivity index (χ4v) is 7.08. The van der Waals surface area contributed by atoms with E-state index in [4.69, 9.17) is 4.74 Å². The first-order valence-electron chi connectivity index (χ1n) is 16.4. The summed E-state index contributed by atoms with van der Waals surface area (Å²) < 4.78 is 5.30. The highest BCUT2D eigenvalue weighted by Gasteiger charge is 2.55. The SMILES string of the molecule is O=C(NCCC[C@@H]1NC(=O)C2(CCN(CCc3ccccc3)CC2)N(C2CCCCCCC2)C1=O)OCc1ccccc1. The number of piperidine rings is 1. The number of alkyl carbamates (subject to hydrolysis) is 1. The fraction of sp³-hybridized carbons (Fsp3) is 0.571. The van der Waals surface area contributed by atoms with Gasteiger partial charge in [-0.15, -0.1) is 0 Å². The number of nitrogens with zero attached hydrogens (tertiary/aromatic N) is 2. The van der Waals surface area contributed by atoms with Crippen LogP contribution in [0.5, 0.6) is 0 Å². The van der Waals surface area contributed by atoms with Gasteiger partial charge in [-0.1, -0.05) is 92.8 Å². The second kappa shape index (κ2) is 15.4. The predicted molar refractivity (Wildman–Crippen MR) is 167 cm³/mol. The van der Waals surface area contributed by atoms with Crippen LogP contribution in [0.2, 0.25) is 0 Å². The molecule has 1 aliphatic carbocycles. The monoisotopic (exact) mass is 588 g/mol. The van der Waals surface area contributed by atoms with Crippen molar-refractivity contribution in [2.45, 2.75) is 101 Å². The fourth-order valence-electron chi connectivity index (χ4n) is 7.08.